The summed E-state index contributed by atoms with van der Waals surface area (Å²) in [6.45, 7) is 6.27. The molecule has 4 aliphatic rings. The maximum absolute atomic E-state index is 16.6. The third-order valence-electron chi connectivity index (χ3n) is 9.93. The number of halogens is 1. The van der Waals surface area contributed by atoms with Gasteiger partial charge in [0.25, 0.3) is 0 Å². The number of aliphatic hydroxyl groups is 1. The SMILES string of the molecule is CCOc1cc(N)cc2c1ncn2[C@@H]1O[C@@H]2OCP(=O)(Oc3cccc(OP4(=O)OC[C@H]5O[C@@H](n6cnc7c(C)nc(N)nc76)[C@](C)(F)[C@@H]5O4)c3)O[C@H]2[C@@]1(C)O. The summed E-state index contributed by atoms with van der Waals surface area (Å²) in [4.78, 5) is 17.0. The van der Waals surface area contributed by atoms with Crippen LogP contribution in [0.4, 0.5) is 16.0 Å². The van der Waals surface area contributed by atoms with Gasteiger partial charge in [-0.25, -0.2) is 28.5 Å². The van der Waals surface area contributed by atoms with Gasteiger partial charge in [0.2, 0.25) is 5.95 Å². The van der Waals surface area contributed by atoms with Crippen LogP contribution in [-0.4, -0.2) is 89.6 Å². The molecule has 0 amide bonds. The molecule has 0 saturated carbocycles. The van der Waals surface area contributed by atoms with Crippen molar-refractivity contribution in [2.24, 2.45) is 0 Å². The lowest BCUT2D eigenvalue weighted by Gasteiger charge is -2.35. The molecule has 5 aromatic rings. The highest BCUT2D eigenvalue weighted by atomic mass is 31.2. The monoisotopic (exact) mass is 818 g/mol. The van der Waals surface area contributed by atoms with Crippen LogP contribution in [0, 0.1) is 6.92 Å². The normalized spacial score (nSPS) is 35.4. The molecule has 56 heavy (non-hydrogen) atoms. The summed E-state index contributed by atoms with van der Waals surface area (Å²) < 4.78 is 99.5. The number of nitrogens with zero attached hydrogens (tertiary/aromatic N) is 6. The van der Waals surface area contributed by atoms with E-state index in [0.717, 1.165) is 0 Å². The van der Waals surface area contributed by atoms with Crippen LogP contribution in [0.1, 0.15) is 38.9 Å². The van der Waals surface area contributed by atoms with Gasteiger partial charge in [0.1, 0.15) is 46.1 Å². The molecular formula is C33H37FN8O12P2. The van der Waals surface area contributed by atoms with E-state index in [-0.39, 0.29) is 29.7 Å². The number of imidazole rings is 2. The number of nitrogens with two attached hydrogens (primary N) is 2. The van der Waals surface area contributed by atoms with Crippen LogP contribution in [0.15, 0.2) is 49.1 Å². The Morgan fingerprint density at radius 2 is 1.73 bits per heavy atom. The van der Waals surface area contributed by atoms with Crippen molar-refractivity contribution >= 4 is 49.3 Å². The number of hydrogen-bond donors (Lipinski definition) is 3. The maximum Gasteiger partial charge on any atom is 0.530 e. The molecule has 2 aromatic carbocycles. The number of ether oxygens (including phenoxy) is 4. The zero-order chi connectivity index (χ0) is 39.4. The van der Waals surface area contributed by atoms with Gasteiger partial charge < -0.3 is 49.1 Å². The molecule has 20 nitrogen and oxygen atoms in total. The van der Waals surface area contributed by atoms with Crippen LogP contribution in [0.2, 0.25) is 0 Å². The average Bonchev–Trinajstić information content (AvgIpc) is 3.86. The minimum Gasteiger partial charge on any atom is -0.491 e. The van der Waals surface area contributed by atoms with Crippen molar-refractivity contribution in [2.75, 3.05) is 31.0 Å². The van der Waals surface area contributed by atoms with Crippen molar-refractivity contribution < 1.29 is 60.2 Å². The summed E-state index contributed by atoms with van der Waals surface area (Å²) in [6, 6.07) is 8.91. The van der Waals surface area contributed by atoms with Crippen molar-refractivity contribution in [1.82, 2.24) is 29.1 Å². The van der Waals surface area contributed by atoms with Crippen molar-refractivity contribution in [1.29, 1.82) is 0 Å². The lowest BCUT2D eigenvalue weighted by Crippen LogP contribution is -2.47. The number of anilines is 2. The molecule has 5 N–H and O–H groups in total. The first-order valence-electron chi connectivity index (χ1n) is 17.5. The number of rotatable bonds is 8. The van der Waals surface area contributed by atoms with Crippen LogP contribution >= 0.6 is 15.4 Å². The Morgan fingerprint density at radius 3 is 2.52 bits per heavy atom. The van der Waals surface area contributed by atoms with E-state index in [9.17, 15) is 14.2 Å². The lowest BCUT2D eigenvalue weighted by molar-refractivity contribution is -0.178. The first-order chi connectivity index (χ1) is 26.6. The number of fused-ring (bicyclic) bond motifs is 4. The fraction of sp³-hybridized carbons (Fsp3) is 0.455. The van der Waals surface area contributed by atoms with Crippen molar-refractivity contribution in [2.45, 2.75) is 76.0 Å². The predicted octanol–water partition coefficient (Wildman–Crippen LogP) is 4.53. The number of alkyl halides is 1. The van der Waals surface area contributed by atoms with Crippen LogP contribution in [-0.2, 0) is 36.9 Å². The summed E-state index contributed by atoms with van der Waals surface area (Å²) >= 11 is 0. The van der Waals surface area contributed by atoms with E-state index in [1.165, 1.54) is 55.3 Å². The largest absolute Gasteiger partial charge is 0.530 e. The molecule has 298 valence electrons. The van der Waals surface area contributed by atoms with Gasteiger partial charge in [0, 0.05) is 17.8 Å². The maximum atomic E-state index is 16.6. The number of phosphoric acid groups is 1. The molecule has 3 aromatic heterocycles. The fourth-order valence-electron chi connectivity index (χ4n) is 7.39. The third kappa shape index (κ3) is 6.09. The molecule has 0 bridgehead atoms. The average molecular weight is 819 g/mol. The summed E-state index contributed by atoms with van der Waals surface area (Å²) in [7, 11) is -8.60. The van der Waals surface area contributed by atoms with Crippen LogP contribution in [0.25, 0.3) is 22.2 Å². The second kappa shape index (κ2) is 13.1. The Morgan fingerprint density at radius 1 is 0.982 bits per heavy atom. The zero-order valence-electron chi connectivity index (χ0n) is 30.3. The van der Waals surface area contributed by atoms with E-state index in [4.69, 9.17) is 53.0 Å². The van der Waals surface area contributed by atoms with Gasteiger partial charge in [0.05, 0.1) is 37.1 Å². The summed E-state index contributed by atoms with van der Waals surface area (Å²) in [5.41, 5.74) is 10.5. The van der Waals surface area contributed by atoms with E-state index in [0.29, 0.717) is 40.3 Å². The fourth-order valence-corrected chi connectivity index (χ4v) is 10.5. The Labute approximate surface area is 317 Å². The molecule has 0 radical (unpaired) electrons. The summed E-state index contributed by atoms with van der Waals surface area (Å²) in [5, 5.41) is 11.8. The van der Waals surface area contributed by atoms with Crippen molar-refractivity contribution in [3.8, 4) is 17.2 Å². The minimum atomic E-state index is -4.47. The van der Waals surface area contributed by atoms with Crippen LogP contribution in [0.3, 0.4) is 0 Å². The third-order valence-corrected chi connectivity index (χ3v) is 12.8. The van der Waals surface area contributed by atoms with Gasteiger partial charge in [-0.1, -0.05) is 6.07 Å². The number of benzene rings is 2. The van der Waals surface area contributed by atoms with Gasteiger partial charge in [-0.05, 0) is 45.9 Å². The molecule has 7 heterocycles. The minimum absolute atomic E-state index is 0.0240. The highest BCUT2D eigenvalue weighted by molar-refractivity contribution is 7.54. The number of phosphoric ester groups is 1. The Balaban J connectivity index is 0.895. The molecule has 0 spiro atoms. The van der Waals surface area contributed by atoms with Gasteiger partial charge in [-0.2, -0.15) is 4.98 Å². The second-order valence-electron chi connectivity index (χ2n) is 14.1. The van der Waals surface area contributed by atoms with Gasteiger partial charge in [-0.15, -0.1) is 0 Å². The van der Waals surface area contributed by atoms with Crippen molar-refractivity contribution in [3.05, 3.63) is 54.7 Å². The smallest absolute Gasteiger partial charge is 0.491 e. The van der Waals surface area contributed by atoms with E-state index in [2.05, 4.69) is 19.9 Å². The Kier molecular flexibility index (Phi) is 8.66. The Bertz CT molecular complexity index is 2460. The predicted molar refractivity (Wildman–Crippen MR) is 192 cm³/mol. The molecular weight excluding hydrogens is 781 g/mol. The van der Waals surface area contributed by atoms with E-state index < -0.39 is 70.1 Å². The number of aryl methyl sites for hydroxylation is 1. The highest BCUT2D eigenvalue weighted by Crippen LogP contribution is 2.61. The Hall–Kier alpha value is -4.43. The second-order valence-corrected chi connectivity index (χ2v) is 17.5. The number of hydrogen-bond acceptors (Lipinski definition) is 18. The van der Waals surface area contributed by atoms with Crippen LogP contribution < -0.4 is 25.3 Å². The molecule has 0 aliphatic carbocycles. The summed E-state index contributed by atoms with van der Waals surface area (Å²) in [5.74, 6) is 0.318. The van der Waals surface area contributed by atoms with E-state index in [1.807, 2.05) is 6.92 Å². The zero-order valence-corrected chi connectivity index (χ0v) is 32.0. The molecule has 9 rings (SSSR count). The molecule has 4 aliphatic heterocycles. The first-order valence-corrected chi connectivity index (χ1v) is 20.7. The summed E-state index contributed by atoms with van der Waals surface area (Å²) in [6.07, 6.45) is -4.88. The van der Waals surface area contributed by atoms with Crippen molar-refractivity contribution in [3.63, 3.8) is 0 Å². The lowest BCUT2D eigenvalue weighted by atomic mass is 9.98. The number of nitrogen functional groups attached to an aromatic ring is 2. The highest BCUT2D eigenvalue weighted by Gasteiger charge is 2.63. The molecule has 10 atom stereocenters. The molecule has 4 fully saturated rings. The molecule has 2 unspecified atom stereocenters. The van der Waals surface area contributed by atoms with Crippen LogP contribution in [0.5, 0.6) is 17.2 Å². The quantitative estimate of drug-likeness (QED) is 0.144. The number of aromatic nitrogens is 6. The van der Waals surface area contributed by atoms with Gasteiger partial charge >= 0.3 is 15.4 Å². The van der Waals surface area contributed by atoms with Gasteiger partial charge in [-0.3, -0.25) is 18.1 Å². The topological polar surface area (TPSA) is 251 Å². The molecule has 23 heteroatoms. The standard InChI is InChI=1S/C33H37FN8O12P2/c1-5-46-21-10-17(35)9-20-24(21)38-13-41(20)30-33(4,43)26-28(50-30)47-15-55(44,53-26)51-18-7-6-8-19(11-18)52-56(45)48-12-22-25(54-56)32(3,34)29(49-22)42-14-37-23-16(2)39-31(36)40-27(23)42/h6-11,13-14,22,25-26,28-30,43H,5,12,15,35H2,1-4H3,(H2,36,39,40)/t22-,25-,26-,28+,29-,30-,32-,33-,55?,56?/m1/s1. The van der Waals surface area contributed by atoms with Gasteiger partial charge in [0.15, 0.2) is 42.5 Å². The van der Waals surface area contributed by atoms with E-state index >= 15 is 4.39 Å². The first kappa shape index (κ1) is 37.2. The molecule has 4 saturated heterocycles. The van der Waals surface area contributed by atoms with E-state index in [1.54, 1.807) is 23.6 Å².